The normalized spacial score (nSPS) is 12.5. The molecule has 1 atom stereocenters. The lowest BCUT2D eigenvalue weighted by atomic mass is 9.99. The number of aliphatic carboxylic acids is 1. The Balaban J connectivity index is 2.92. The zero-order chi connectivity index (χ0) is 12.1. The van der Waals surface area contributed by atoms with Crippen molar-refractivity contribution in [3.8, 4) is 5.75 Å². The highest BCUT2D eigenvalue weighted by Crippen LogP contribution is 2.21. The Bertz CT molecular complexity index is 363. The van der Waals surface area contributed by atoms with Crippen LogP contribution in [0.4, 0.5) is 0 Å². The fraction of sp³-hybridized carbons (Fsp3) is 0.417. The molecule has 1 aromatic carbocycles. The third-order valence-electron chi connectivity index (χ3n) is 2.17. The molecule has 0 aliphatic rings. The van der Waals surface area contributed by atoms with E-state index in [9.17, 15) is 4.79 Å². The second-order valence-electron chi connectivity index (χ2n) is 3.87. The lowest BCUT2D eigenvalue weighted by Crippen LogP contribution is -2.21. The first-order chi connectivity index (χ1) is 7.54. The highest BCUT2D eigenvalue weighted by Gasteiger charge is 2.18. The van der Waals surface area contributed by atoms with Crippen LogP contribution in [0.1, 0.15) is 25.3 Å². The van der Waals surface area contributed by atoms with Gasteiger partial charge in [0.1, 0.15) is 5.75 Å². The SMILES string of the molecule is CC(C)Oc1cccc(C(CN)C(=O)O)c1. The molecular formula is C12H17NO3. The van der Waals surface area contributed by atoms with Gasteiger partial charge in [0.05, 0.1) is 12.0 Å². The summed E-state index contributed by atoms with van der Waals surface area (Å²) in [6, 6.07) is 7.06. The van der Waals surface area contributed by atoms with Crippen molar-refractivity contribution < 1.29 is 14.6 Å². The maximum atomic E-state index is 10.9. The molecule has 4 nitrogen and oxygen atoms in total. The first-order valence-electron chi connectivity index (χ1n) is 5.24. The van der Waals surface area contributed by atoms with E-state index in [0.717, 1.165) is 0 Å². The van der Waals surface area contributed by atoms with E-state index in [-0.39, 0.29) is 12.6 Å². The van der Waals surface area contributed by atoms with Gasteiger partial charge in [-0.1, -0.05) is 12.1 Å². The molecule has 0 aromatic heterocycles. The van der Waals surface area contributed by atoms with E-state index in [4.69, 9.17) is 15.6 Å². The van der Waals surface area contributed by atoms with E-state index in [0.29, 0.717) is 11.3 Å². The van der Waals surface area contributed by atoms with Gasteiger partial charge in [0, 0.05) is 6.54 Å². The number of nitrogens with two attached hydrogens (primary N) is 1. The molecule has 4 heteroatoms. The van der Waals surface area contributed by atoms with Crippen molar-refractivity contribution in [2.75, 3.05) is 6.54 Å². The lowest BCUT2D eigenvalue weighted by molar-refractivity contribution is -0.138. The van der Waals surface area contributed by atoms with E-state index in [1.54, 1.807) is 24.3 Å². The van der Waals surface area contributed by atoms with Crippen LogP contribution in [0.5, 0.6) is 5.75 Å². The largest absolute Gasteiger partial charge is 0.491 e. The van der Waals surface area contributed by atoms with Crippen LogP contribution < -0.4 is 10.5 Å². The predicted molar refractivity (Wildman–Crippen MR) is 61.6 cm³/mol. The van der Waals surface area contributed by atoms with Crippen molar-refractivity contribution in [3.63, 3.8) is 0 Å². The Kier molecular flexibility index (Phi) is 4.31. The molecule has 0 aliphatic carbocycles. The van der Waals surface area contributed by atoms with Gasteiger partial charge in [0.25, 0.3) is 0 Å². The monoisotopic (exact) mass is 223 g/mol. The molecule has 0 fully saturated rings. The average molecular weight is 223 g/mol. The summed E-state index contributed by atoms with van der Waals surface area (Å²) in [6.07, 6.45) is 0.0661. The van der Waals surface area contributed by atoms with Gasteiger partial charge in [-0.05, 0) is 31.5 Å². The fourth-order valence-corrected chi connectivity index (χ4v) is 1.46. The zero-order valence-electron chi connectivity index (χ0n) is 9.51. The van der Waals surface area contributed by atoms with Gasteiger partial charge in [-0.2, -0.15) is 0 Å². The Morgan fingerprint density at radius 2 is 2.19 bits per heavy atom. The first kappa shape index (κ1) is 12.5. The van der Waals surface area contributed by atoms with E-state index >= 15 is 0 Å². The van der Waals surface area contributed by atoms with E-state index in [1.165, 1.54) is 0 Å². The zero-order valence-corrected chi connectivity index (χ0v) is 9.51. The summed E-state index contributed by atoms with van der Waals surface area (Å²) in [4.78, 5) is 10.9. The standard InChI is InChI=1S/C12H17NO3/c1-8(2)16-10-5-3-4-9(6-10)11(7-13)12(14)15/h3-6,8,11H,7,13H2,1-2H3,(H,14,15). The van der Waals surface area contributed by atoms with Crippen molar-refractivity contribution in [2.45, 2.75) is 25.9 Å². The van der Waals surface area contributed by atoms with Crippen LogP contribution in [0, 0.1) is 0 Å². The first-order valence-corrected chi connectivity index (χ1v) is 5.24. The van der Waals surface area contributed by atoms with Crippen molar-refractivity contribution in [3.05, 3.63) is 29.8 Å². The minimum Gasteiger partial charge on any atom is -0.491 e. The topological polar surface area (TPSA) is 72.5 Å². The van der Waals surface area contributed by atoms with Gasteiger partial charge in [-0.15, -0.1) is 0 Å². The number of hydrogen-bond donors (Lipinski definition) is 2. The molecule has 88 valence electrons. The molecule has 1 rings (SSSR count). The molecule has 0 bridgehead atoms. The molecule has 0 spiro atoms. The molecule has 0 heterocycles. The highest BCUT2D eigenvalue weighted by molar-refractivity contribution is 5.76. The average Bonchev–Trinajstić information content (AvgIpc) is 2.17. The van der Waals surface area contributed by atoms with E-state index < -0.39 is 11.9 Å². The van der Waals surface area contributed by atoms with Gasteiger partial charge in [0.2, 0.25) is 0 Å². The summed E-state index contributed by atoms with van der Waals surface area (Å²) in [7, 11) is 0. The molecule has 1 aromatic rings. The smallest absolute Gasteiger partial charge is 0.312 e. The van der Waals surface area contributed by atoms with Crippen molar-refractivity contribution >= 4 is 5.97 Å². The number of carbonyl (C=O) groups is 1. The molecule has 0 saturated carbocycles. The number of ether oxygens (including phenoxy) is 1. The summed E-state index contributed by atoms with van der Waals surface area (Å²) in [5.41, 5.74) is 6.11. The lowest BCUT2D eigenvalue weighted by Gasteiger charge is -2.13. The van der Waals surface area contributed by atoms with Crippen LogP contribution >= 0.6 is 0 Å². The summed E-state index contributed by atoms with van der Waals surface area (Å²) in [6.45, 7) is 3.93. The molecule has 3 N–H and O–H groups in total. The molecular weight excluding hydrogens is 206 g/mol. The van der Waals surface area contributed by atoms with Crippen molar-refractivity contribution in [1.29, 1.82) is 0 Å². The van der Waals surface area contributed by atoms with Crippen LogP contribution in [0.3, 0.4) is 0 Å². The van der Waals surface area contributed by atoms with Gasteiger partial charge in [-0.3, -0.25) is 4.79 Å². The van der Waals surface area contributed by atoms with Crippen molar-refractivity contribution in [2.24, 2.45) is 5.73 Å². The third-order valence-corrected chi connectivity index (χ3v) is 2.17. The number of carboxylic acid groups (broad SMARTS) is 1. The minimum absolute atomic E-state index is 0.0661. The molecule has 0 radical (unpaired) electrons. The summed E-state index contributed by atoms with van der Waals surface area (Å²) >= 11 is 0. The predicted octanol–water partition coefficient (Wildman–Crippen LogP) is 1.60. The van der Waals surface area contributed by atoms with Gasteiger partial charge in [-0.25, -0.2) is 0 Å². The van der Waals surface area contributed by atoms with Gasteiger partial charge < -0.3 is 15.6 Å². The molecule has 1 unspecified atom stereocenters. The highest BCUT2D eigenvalue weighted by atomic mass is 16.5. The minimum atomic E-state index is -0.913. The van der Waals surface area contributed by atoms with Crippen molar-refractivity contribution in [1.82, 2.24) is 0 Å². The van der Waals surface area contributed by atoms with E-state index in [2.05, 4.69) is 0 Å². The van der Waals surface area contributed by atoms with Crippen LogP contribution in [0.2, 0.25) is 0 Å². The maximum Gasteiger partial charge on any atom is 0.312 e. The Morgan fingerprint density at radius 1 is 1.50 bits per heavy atom. The number of carboxylic acids is 1. The Morgan fingerprint density at radius 3 is 2.69 bits per heavy atom. The van der Waals surface area contributed by atoms with Gasteiger partial charge >= 0.3 is 5.97 Å². The fourth-order valence-electron chi connectivity index (χ4n) is 1.46. The summed E-state index contributed by atoms with van der Waals surface area (Å²) in [5, 5.41) is 8.98. The van der Waals surface area contributed by atoms with Gasteiger partial charge in [0.15, 0.2) is 0 Å². The third kappa shape index (κ3) is 3.24. The number of benzene rings is 1. The Labute approximate surface area is 95.0 Å². The molecule has 16 heavy (non-hydrogen) atoms. The summed E-state index contributed by atoms with van der Waals surface area (Å²) in [5.74, 6) is -0.910. The van der Waals surface area contributed by atoms with Crippen LogP contribution in [0.15, 0.2) is 24.3 Å². The maximum absolute atomic E-state index is 10.9. The van der Waals surface area contributed by atoms with Crippen LogP contribution in [-0.2, 0) is 4.79 Å². The number of rotatable bonds is 5. The quantitative estimate of drug-likeness (QED) is 0.795. The summed E-state index contributed by atoms with van der Waals surface area (Å²) < 4.78 is 5.50. The van der Waals surface area contributed by atoms with Crippen LogP contribution in [0.25, 0.3) is 0 Å². The van der Waals surface area contributed by atoms with E-state index in [1.807, 2.05) is 13.8 Å². The molecule has 0 saturated heterocycles. The molecule has 0 aliphatic heterocycles. The van der Waals surface area contributed by atoms with Crippen LogP contribution in [-0.4, -0.2) is 23.7 Å². The Hall–Kier alpha value is -1.55. The second-order valence-corrected chi connectivity index (χ2v) is 3.87. The number of hydrogen-bond acceptors (Lipinski definition) is 3. The second kappa shape index (κ2) is 5.51. The molecule has 0 amide bonds.